The molecule has 1 unspecified atom stereocenters. The second-order valence-electron chi connectivity index (χ2n) is 7.31. The third-order valence-corrected chi connectivity index (χ3v) is 5.48. The van der Waals surface area contributed by atoms with Crippen LogP contribution in [-0.2, 0) is 6.54 Å². The molecule has 1 atom stereocenters. The fourth-order valence-electron chi connectivity index (χ4n) is 3.82. The van der Waals surface area contributed by atoms with E-state index in [-0.39, 0.29) is 5.56 Å². The smallest absolute Gasteiger partial charge is 0.266 e. The number of aromatic nitrogens is 2. The zero-order valence-electron chi connectivity index (χ0n) is 15.2. The molecule has 24 heavy (non-hydrogen) atoms. The Morgan fingerprint density at radius 3 is 2.54 bits per heavy atom. The number of likely N-dealkylation sites (tertiary alicyclic amines) is 1. The largest absolute Gasteiger partial charge is 0.302 e. The summed E-state index contributed by atoms with van der Waals surface area (Å²) in [5, 5.41) is 4.32. The SMILES string of the molecule is Cc1ccc(=O)n(CCN2CCN(CC3CCCCN3C)CC2)n1. The lowest BCUT2D eigenvalue weighted by molar-refractivity contribution is 0.0826. The molecule has 0 spiro atoms. The van der Waals surface area contributed by atoms with Gasteiger partial charge in [-0.2, -0.15) is 5.10 Å². The van der Waals surface area contributed by atoms with Crippen molar-refractivity contribution in [2.75, 3.05) is 52.9 Å². The first-order valence-electron chi connectivity index (χ1n) is 9.31. The fraction of sp³-hybridized carbons (Fsp3) is 0.778. The molecule has 0 bridgehead atoms. The number of aryl methyl sites for hydroxylation is 1. The van der Waals surface area contributed by atoms with Crippen molar-refractivity contribution in [2.24, 2.45) is 0 Å². The van der Waals surface area contributed by atoms with E-state index in [2.05, 4.69) is 26.8 Å². The van der Waals surface area contributed by atoms with Gasteiger partial charge in [0, 0.05) is 51.4 Å². The van der Waals surface area contributed by atoms with Crippen molar-refractivity contribution in [3.8, 4) is 0 Å². The average molecular weight is 333 g/mol. The van der Waals surface area contributed by atoms with Crippen LogP contribution in [0.2, 0.25) is 0 Å². The van der Waals surface area contributed by atoms with Gasteiger partial charge in [-0.15, -0.1) is 0 Å². The zero-order valence-corrected chi connectivity index (χ0v) is 15.2. The number of piperazine rings is 1. The van der Waals surface area contributed by atoms with Crippen LogP contribution in [0.25, 0.3) is 0 Å². The Morgan fingerprint density at radius 1 is 1.04 bits per heavy atom. The fourth-order valence-corrected chi connectivity index (χ4v) is 3.82. The van der Waals surface area contributed by atoms with Gasteiger partial charge in [0.2, 0.25) is 0 Å². The number of piperidine rings is 1. The van der Waals surface area contributed by atoms with E-state index >= 15 is 0 Å². The monoisotopic (exact) mass is 333 g/mol. The number of nitrogens with zero attached hydrogens (tertiary/aromatic N) is 5. The summed E-state index contributed by atoms with van der Waals surface area (Å²) in [6.07, 6.45) is 4.08. The summed E-state index contributed by atoms with van der Waals surface area (Å²) < 4.78 is 1.60. The van der Waals surface area contributed by atoms with Crippen molar-refractivity contribution in [3.63, 3.8) is 0 Å². The highest BCUT2D eigenvalue weighted by Gasteiger charge is 2.24. The molecule has 0 radical (unpaired) electrons. The Labute approximate surface area is 145 Å². The number of hydrogen-bond donors (Lipinski definition) is 0. The molecule has 2 aliphatic heterocycles. The number of likely N-dealkylation sites (N-methyl/N-ethyl adjacent to an activating group) is 1. The lowest BCUT2D eigenvalue weighted by Crippen LogP contribution is -2.52. The summed E-state index contributed by atoms with van der Waals surface area (Å²) in [4.78, 5) is 19.4. The maximum atomic E-state index is 11.8. The Hall–Kier alpha value is -1.24. The van der Waals surface area contributed by atoms with Crippen molar-refractivity contribution in [2.45, 2.75) is 38.8 Å². The maximum absolute atomic E-state index is 11.8. The third-order valence-electron chi connectivity index (χ3n) is 5.48. The average Bonchev–Trinajstić information content (AvgIpc) is 2.59. The summed E-state index contributed by atoms with van der Waals surface area (Å²) in [6.45, 7) is 10.5. The second kappa shape index (κ2) is 8.23. The molecule has 0 aliphatic carbocycles. The maximum Gasteiger partial charge on any atom is 0.266 e. The van der Waals surface area contributed by atoms with Crippen LogP contribution in [0.4, 0.5) is 0 Å². The molecule has 0 amide bonds. The molecule has 1 aromatic rings. The third kappa shape index (κ3) is 4.65. The first-order valence-corrected chi connectivity index (χ1v) is 9.31. The van der Waals surface area contributed by atoms with Gasteiger partial charge in [-0.1, -0.05) is 6.42 Å². The van der Waals surface area contributed by atoms with Crippen molar-refractivity contribution in [1.82, 2.24) is 24.5 Å². The summed E-state index contributed by atoms with van der Waals surface area (Å²) in [7, 11) is 2.27. The van der Waals surface area contributed by atoms with Crippen molar-refractivity contribution < 1.29 is 0 Å². The molecule has 6 nitrogen and oxygen atoms in total. The molecule has 0 aromatic carbocycles. The molecular weight excluding hydrogens is 302 g/mol. The van der Waals surface area contributed by atoms with Gasteiger partial charge in [0.25, 0.3) is 5.56 Å². The summed E-state index contributed by atoms with van der Waals surface area (Å²) in [6, 6.07) is 4.13. The van der Waals surface area contributed by atoms with E-state index in [1.54, 1.807) is 16.8 Å². The van der Waals surface area contributed by atoms with Crippen LogP contribution in [0.1, 0.15) is 25.0 Å². The normalized spacial score (nSPS) is 24.3. The predicted octanol–water partition coefficient (Wildman–Crippen LogP) is 0.654. The zero-order chi connectivity index (χ0) is 16.9. The van der Waals surface area contributed by atoms with Crippen LogP contribution < -0.4 is 5.56 Å². The Bertz CT molecular complexity index is 579. The summed E-state index contributed by atoms with van der Waals surface area (Å²) in [5.74, 6) is 0. The molecule has 3 heterocycles. The molecule has 6 heteroatoms. The first-order chi connectivity index (χ1) is 11.6. The predicted molar refractivity (Wildman–Crippen MR) is 96.4 cm³/mol. The van der Waals surface area contributed by atoms with Crippen LogP contribution >= 0.6 is 0 Å². The minimum Gasteiger partial charge on any atom is -0.302 e. The Morgan fingerprint density at radius 2 is 1.79 bits per heavy atom. The van der Waals surface area contributed by atoms with Crippen molar-refractivity contribution in [1.29, 1.82) is 0 Å². The van der Waals surface area contributed by atoms with Crippen LogP contribution in [0.5, 0.6) is 0 Å². The minimum atomic E-state index is -0.000397. The lowest BCUT2D eigenvalue weighted by Gasteiger charge is -2.40. The van der Waals surface area contributed by atoms with Crippen LogP contribution in [0.3, 0.4) is 0 Å². The van der Waals surface area contributed by atoms with Crippen LogP contribution in [0, 0.1) is 6.92 Å². The summed E-state index contributed by atoms with van der Waals surface area (Å²) >= 11 is 0. The van der Waals surface area contributed by atoms with Gasteiger partial charge >= 0.3 is 0 Å². The standard InChI is InChI=1S/C18H31N5O/c1-16-6-7-18(24)23(19-16)14-13-21-9-11-22(12-10-21)15-17-5-3-4-8-20(17)2/h6-7,17H,3-5,8-15H2,1-2H3. The van der Waals surface area contributed by atoms with Gasteiger partial charge in [0.15, 0.2) is 0 Å². The molecule has 3 rings (SSSR count). The van der Waals surface area contributed by atoms with Gasteiger partial charge in [-0.25, -0.2) is 4.68 Å². The van der Waals surface area contributed by atoms with E-state index in [0.717, 1.165) is 44.5 Å². The van der Waals surface area contributed by atoms with E-state index in [0.29, 0.717) is 6.54 Å². The van der Waals surface area contributed by atoms with Gasteiger partial charge in [0.1, 0.15) is 0 Å². The molecule has 1 aromatic heterocycles. The van der Waals surface area contributed by atoms with Crippen LogP contribution in [0.15, 0.2) is 16.9 Å². The molecule has 2 fully saturated rings. The molecular formula is C18H31N5O. The molecule has 2 saturated heterocycles. The van der Waals surface area contributed by atoms with Gasteiger partial charge < -0.3 is 4.90 Å². The Kier molecular flexibility index (Phi) is 6.03. The molecule has 2 aliphatic rings. The quantitative estimate of drug-likeness (QED) is 0.792. The highest BCUT2D eigenvalue weighted by Crippen LogP contribution is 2.16. The van der Waals surface area contributed by atoms with Gasteiger partial charge in [-0.3, -0.25) is 14.6 Å². The second-order valence-corrected chi connectivity index (χ2v) is 7.31. The number of hydrogen-bond acceptors (Lipinski definition) is 5. The van der Waals surface area contributed by atoms with Gasteiger partial charge in [-0.05, 0) is 39.4 Å². The van der Waals surface area contributed by atoms with E-state index in [1.165, 1.54) is 32.4 Å². The van der Waals surface area contributed by atoms with Crippen molar-refractivity contribution in [3.05, 3.63) is 28.2 Å². The van der Waals surface area contributed by atoms with Crippen LogP contribution in [-0.4, -0.2) is 83.4 Å². The summed E-state index contributed by atoms with van der Waals surface area (Å²) in [5.41, 5.74) is 0.899. The lowest BCUT2D eigenvalue weighted by atomic mass is 10.0. The van der Waals surface area contributed by atoms with E-state index < -0.39 is 0 Å². The highest BCUT2D eigenvalue weighted by atomic mass is 16.1. The van der Waals surface area contributed by atoms with Crippen molar-refractivity contribution >= 4 is 0 Å². The van der Waals surface area contributed by atoms with E-state index in [1.807, 2.05) is 6.92 Å². The minimum absolute atomic E-state index is 0.000397. The topological polar surface area (TPSA) is 44.6 Å². The first kappa shape index (κ1) is 17.6. The molecule has 0 saturated carbocycles. The highest BCUT2D eigenvalue weighted by molar-refractivity contribution is 4.97. The van der Waals surface area contributed by atoms with E-state index in [9.17, 15) is 4.79 Å². The van der Waals surface area contributed by atoms with E-state index in [4.69, 9.17) is 0 Å². The Balaban J connectivity index is 1.42. The number of rotatable bonds is 5. The molecule has 0 N–H and O–H groups in total. The van der Waals surface area contributed by atoms with Gasteiger partial charge in [0.05, 0.1) is 12.2 Å². The molecule has 134 valence electrons.